The molecule has 7 heteroatoms. The van der Waals surface area contributed by atoms with Crippen LogP contribution in [-0.4, -0.2) is 38.0 Å². The van der Waals surface area contributed by atoms with Gasteiger partial charge in [-0.15, -0.1) is 0 Å². The van der Waals surface area contributed by atoms with Crippen molar-refractivity contribution in [3.05, 3.63) is 59.7 Å². The SMILES string of the molecule is CCc1ccc(N2C[C@@H](C(=O)OCC(=O)NCc3ccccc3OC)CC2=O)cc1. The van der Waals surface area contributed by atoms with E-state index in [0.29, 0.717) is 5.75 Å². The van der Waals surface area contributed by atoms with Gasteiger partial charge in [0.25, 0.3) is 5.91 Å². The van der Waals surface area contributed by atoms with Crippen molar-refractivity contribution in [2.24, 2.45) is 5.92 Å². The van der Waals surface area contributed by atoms with E-state index in [0.717, 1.165) is 17.7 Å². The molecule has 0 aromatic heterocycles. The molecule has 1 aliphatic rings. The second kappa shape index (κ2) is 9.91. The Morgan fingerprint density at radius 2 is 1.87 bits per heavy atom. The van der Waals surface area contributed by atoms with Gasteiger partial charge in [-0.05, 0) is 30.2 Å². The van der Waals surface area contributed by atoms with Crippen LogP contribution in [0.3, 0.4) is 0 Å². The Bertz CT molecular complexity index is 910. The second-order valence-electron chi connectivity index (χ2n) is 7.12. The quantitative estimate of drug-likeness (QED) is 0.676. The summed E-state index contributed by atoms with van der Waals surface area (Å²) in [6.07, 6.45) is 0.999. The minimum absolute atomic E-state index is 0.0806. The third kappa shape index (κ3) is 5.17. The van der Waals surface area contributed by atoms with Crippen molar-refractivity contribution in [3.63, 3.8) is 0 Å². The molecular weight excluding hydrogens is 384 g/mol. The minimum Gasteiger partial charge on any atom is -0.496 e. The first-order chi connectivity index (χ1) is 14.5. The van der Waals surface area contributed by atoms with Crippen LogP contribution < -0.4 is 15.0 Å². The number of nitrogens with one attached hydrogen (secondary N) is 1. The first-order valence-electron chi connectivity index (χ1n) is 9.96. The summed E-state index contributed by atoms with van der Waals surface area (Å²) in [4.78, 5) is 38.3. The van der Waals surface area contributed by atoms with E-state index in [2.05, 4.69) is 12.2 Å². The molecule has 0 spiro atoms. The number of nitrogens with zero attached hydrogens (tertiary/aromatic N) is 1. The van der Waals surface area contributed by atoms with Crippen LogP contribution in [0.1, 0.15) is 24.5 Å². The molecule has 1 aliphatic heterocycles. The van der Waals surface area contributed by atoms with Gasteiger partial charge in [0, 0.05) is 30.8 Å². The summed E-state index contributed by atoms with van der Waals surface area (Å²) in [7, 11) is 1.56. The van der Waals surface area contributed by atoms with Crippen LogP contribution >= 0.6 is 0 Å². The summed E-state index contributed by atoms with van der Waals surface area (Å²) >= 11 is 0. The summed E-state index contributed by atoms with van der Waals surface area (Å²) < 4.78 is 10.4. The van der Waals surface area contributed by atoms with Crippen LogP contribution in [0.5, 0.6) is 5.75 Å². The third-order valence-corrected chi connectivity index (χ3v) is 5.13. The second-order valence-corrected chi connectivity index (χ2v) is 7.12. The fourth-order valence-corrected chi connectivity index (χ4v) is 3.37. The predicted octanol–water partition coefficient (Wildman–Crippen LogP) is 2.47. The molecule has 3 rings (SSSR count). The highest BCUT2D eigenvalue weighted by Gasteiger charge is 2.36. The highest BCUT2D eigenvalue weighted by atomic mass is 16.5. The van der Waals surface area contributed by atoms with Crippen molar-refractivity contribution in [2.75, 3.05) is 25.2 Å². The van der Waals surface area contributed by atoms with E-state index in [1.54, 1.807) is 18.1 Å². The van der Waals surface area contributed by atoms with Crippen LogP contribution in [0.2, 0.25) is 0 Å². The zero-order valence-electron chi connectivity index (χ0n) is 17.2. The average molecular weight is 410 g/mol. The van der Waals surface area contributed by atoms with Crippen molar-refractivity contribution in [1.29, 1.82) is 0 Å². The largest absolute Gasteiger partial charge is 0.496 e. The standard InChI is InChI=1S/C23H26N2O5/c1-3-16-8-10-19(11-9-16)25-14-18(12-22(25)27)23(28)30-15-21(26)24-13-17-6-4-5-7-20(17)29-2/h4-11,18H,3,12-15H2,1-2H3,(H,24,26)/t18-/m0/s1. The number of esters is 1. The molecule has 0 unspecified atom stereocenters. The van der Waals surface area contributed by atoms with Crippen LogP contribution in [0.25, 0.3) is 0 Å². The molecule has 1 saturated heterocycles. The van der Waals surface area contributed by atoms with Gasteiger partial charge < -0.3 is 19.7 Å². The number of carbonyl (C=O) groups excluding carboxylic acids is 3. The maximum absolute atomic E-state index is 12.3. The van der Waals surface area contributed by atoms with Gasteiger partial charge in [0.2, 0.25) is 5.91 Å². The van der Waals surface area contributed by atoms with Crippen LogP contribution in [0, 0.1) is 5.92 Å². The normalized spacial score (nSPS) is 15.7. The third-order valence-electron chi connectivity index (χ3n) is 5.13. The molecule has 2 aromatic rings. The zero-order chi connectivity index (χ0) is 21.5. The summed E-state index contributed by atoms with van der Waals surface area (Å²) in [5, 5.41) is 2.70. The van der Waals surface area contributed by atoms with Gasteiger partial charge in [0.1, 0.15) is 5.75 Å². The Hall–Kier alpha value is -3.35. The number of para-hydroxylation sites is 1. The van der Waals surface area contributed by atoms with E-state index in [1.165, 1.54) is 5.56 Å². The average Bonchev–Trinajstić information content (AvgIpc) is 3.17. The van der Waals surface area contributed by atoms with Gasteiger partial charge >= 0.3 is 5.97 Å². The van der Waals surface area contributed by atoms with Gasteiger partial charge in [-0.1, -0.05) is 37.3 Å². The Kier molecular flexibility index (Phi) is 7.06. The Morgan fingerprint density at radius 3 is 2.57 bits per heavy atom. The molecule has 0 aliphatic carbocycles. The van der Waals surface area contributed by atoms with Crippen molar-refractivity contribution in [2.45, 2.75) is 26.3 Å². The lowest BCUT2D eigenvalue weighted by atomic mass is 10.1. The number of hydrogen-bond acceptors (Lipinski definition) is 5. The fraction of sp³-hybridized carbons (Fsp3) is 0.348. The highest BCUT2D eigenvalue weighted by molar-refractivity contribution is 5.99. The first-order valence-corrected chi connectivity index (χ1v) is 9.96. The lowest BCUT2D eigenvalue weighted by molar-refractivity contribution is -0.152. The number of ether oxygens (including phenoxy) is 2. The number of anilines is 1. The fourth-order valence-electron chi connectivity index (χ4n) is 3.37. The van der Waals surface area contributed by atoms with Crippen molar-refractivity contribution in [1.82, 2.24) is 5.32 Å². The van der Waals surface area contributed by atoms with E-state index in [9.17, 15) is 14.4 Å². The molecule has 158 valence electrons. The number of aryl methyl sites for hydroxylation is 1. The minimum atomic E-state index is -0.578. The van der Waals surface area contributed by atoms with Gasteiger partial charge in [-0.3, -0.25) is 14.4 Å². The number of amides is 2. The van der Waals surface area contributed by atoms with Gasteiger partial charge in [0.15, 0.2) is 6.61 Å². The van der Waals surface area contributed by atoms with E-state index < -0.39 is 17.8 Å². The van der Waals surface area contributed by atoms with E-state index in [4.69, 9.17) is 9.47 Å². The molecule has 0 saturated carbocycles. The molecule has 7 nitrogen and oxygen atoms in total. The summed E-state index contributed by atoms with van der Waals surface area (Å²) in [5.41, 5.74) is 2.77. The van der Waals surface area contributed by atoms with E-state index in [-0.39, 0.29) is 32.0 Å². The number of hydrogen-bond donors (Lipinski definition) is 1. The molecule has 1 fully saturated rings. The summed E-state index contributed by atoms with van der Waals surface area (Å²) in [5.74, 6) is -0.979. The van der Waals surface area contributed by atoms with E-state index in [1.807, 2.05) is 42.5 Å². The van der Waals surface area contributed by atoms with Gasteiger partial charge in [-0.2, -0.15) is 0 Å². The predicted molar refractivity (Wildman–Crippen MR) is 112 cm³/mol. The number of benzene rings is 2. The van der Waals surface area contributed by atoms with Gasteiger partial charge in [0.05, 0.1) is 13.0 Å². The molecule has 2 amide bonds. The molecule has 1 heterocycles. The Labute approximate surface area is 176 Å². The van der Waals surface area contributed by atoms with E-state index >= 15 is 0 Å². The molecule has 1 atom stereocenters. The van der Waals surface area contributed by atoms with Crippen molar-refractivity contribution < 1.29 is 23.9 Å². The molecule has 2 aromatic carbocycles. The highest BCUT2D eigenvalue weighted by Crippen LogP contribution is 2.26. The molecule has 0 bridgehead atoms. The Balaban J connectivity index is 1.47. The Morgan fingerprint density at radius 1 is 1.13 bits per heavy atom. The topological polar surface area (TPSA) is 84.9 Å². The van der Waals surface area contributed by atoms with Crippen LogP contribution in [0.4, 0.5) is 5.69 Å². The lowest BCUT2D eigenvalue weighted by Crippen LogP contribution is -2.31. The zero-order valence-corrected chi connectivity index (χ0v) is 17.2. The first kappa shape index (κ1) is 21.4. The number of carbonyl (C=O) groups is 3. The van der Waals surface area contributed by atoms with Crippen molar-refractivity contribution in [3.8, 4) is 5.75 Å². The molecular formula is C23H26N2O5. The summed E-state index contributed by atoms with van der Waals surface area (Å²) in [6.45, 7) is 2.20. The number of methoxy groups -OCH3 is 1. The summed E-state index contributed by atoms with van der Waals surface area (Å²) in [6, 6.07) is 15.1. The molecule has 30 heavy (non-hydrogen) atoms. The maximum Gasteiger partial charge on any atom is 0.311 e. The maximum atomic E-state index is 12.3. The number of rotatable bonds is 8. The monoisotopic (exact) mass is 410 g/mol. The van der Waals surface area contributed by atoms with Crippen LogP contribution in [0.15, 0.2) is 48.5 Å². The van der Waals surface area contributed by atoms with Gasteiger partial charge in [-0.25, -0.2) is 0 Å². The smallest absolute Gasteiger partial charge is 0.311 e. The molecule has 0 radical (unpaired) electrons. The van der Waals surface area contributed by atoms with Crippen LogP contribution in [-0.2, 0) is 32.1 Å². The molecule has 1 N–H and O–H groups in total. The lowest BCUT2D eigenvalue weighted by Gasteiger charge is -2.17. The van der Waals surface area contributed by atoms with Crippen molar-refractivity contribution >= 4 is 23.5 Å².